The van der Waals surface area contributed by atoms with Crippen LogP contribution in [0.25, 0.3) is 11.0 Å². The van der Waals surface area contributed by atoms with Crippen molar-refractivity contribution in [2.75, 3.05) is 0 Å². The predicted octanol–water partition coefficient (Wildman–Crippen LogP) is -0.611. The number of nitrogens with one attached hydrogen (secondary N) is 2. The topological polar surface area (TPSA) is 123 Å². The van der Waals surface area contributed by atoms with Crippen LogP contribution in [0.2, 0.25) is 0 Å². The Kier molecular flexibility index (Phi) is 3.52. The number of H-pyrrole nitrogens is 1. The third kappa shape index (κ3) is 2.92. The van der Waals surface area contributed by atoms with Gasteiger partial charge in [-0.3, -0.25) is 19.1 Å². The average molecular weight is 301 g/mol. The average Bonchev–Trinajstić information content (AvgIpc) is 2.95. The zero-order valence-electron chi connectivity index (χ0n) is 11.3. The fourth-order valence-electron chi connectivity index (χ4n) is 1.92. The van der Waals surface area contributed by atoms with Crippen molar-refractivity contribution in [1.82, 2.24) is 25.2 Å². The Morgan fingerprint density at radius 1 is 1.23 bits per heavy atom. The molecule has 1 amide bonds. The minimum absolute atomic E-state index is 0.177. The summed E-state index contributed by atoms with van der Waals surface area (Å²) in [5.41, 5.74) is 0.928. The Morgan fingerprint density at radius 3 is 2.86 bits per heavy atom. The Hall–Kier alpha value is -3.23. The highest BCUT2D eigenvalue weighted by molar-refractivity contribution is 5.76. The van der Waals surface area contributed by atoms with Gasteiger partial charge in [0.2, 0.25) is 5.91 Å². The van der Waals surface area contributed by atoms with Gasteiger partial charge in [0, 0.05) is 18.8 Å². The van der Waals surface area contributed by atoms with Gasteiger partial charge in [-0.25, -0.2) is 9.42 Å². The molecular weight excluding hydrogens is 290 g/mol. The first kappa shape index (κ1) is 13.7. The Balaban J connectivity index is 1.64. The molecule has 0 radical (unpaired) electrons. The van der Waals surface area contributed by atoms with Gasteiger partial charge in [-0.15, -0.1) is 0 Å². The number of hydrogen-bond acceptors (Lipinski definition) is 6. The van der Waals surface area contributed by atoms with Crippen LogP contribution in [0.5, 0.6) is 0 Å². The van der Waals surface area contributed by atoms with Gasteiger partial charge >= 0.3 is 5.69 Å². The lowest BCUT2D eigenvalue weighted by Gasteiger charge is -2.06. The molecule has 9 heteroatoms. The van der Waals surface area contributed by atoms with Crippen LogP contribution in [0.4, 0.5) is 0 Å². The summed E-state index contributed by atoms with van der Waals surface area (Å²) in [6, 6.07) is 6.46. The molecule has 0 bridgehead atoms. The maximum absolute atomic E-state index is 11.8. The summed E-state index contributed by atoms with van der Waals surface area (Å²) in [5.74, 6) is -0.354. The number of carbonyl (C=O) groups is 1. The minimum Gasteiger partial charge on any atom is -0.350 e. The second kappa shape index (κ2) is 5.64. The van der Waals surface area contributed by atoms with E-state index in [1.807, 2.05) is 0 Å². The summed E-state index contributed by atoms with van der Waals surface area (Å²) in [6.07, 6.45) is 1.27. The van der Waals surface area contributed by atoms with Crippen LogP contribution in [0.15, 0.2) is 44.7 Å². The van der Waals surface area contributed by atoms with Gasteiger partial charge in [0.25, 0.3) is 5.56 Å². The summed E-state index contributed by atoms with van der Waals surface area (Å²) < 4.78 is 5.71. The summed E-state index contributed by atoms with van der Waals surface area (Å²) in [6.45, 7) is 0.100. The van der Waals surface area contributed by atoms with Crippen molar-refractivity contribution in [3.8, 4) is 0 Å². The summed E-state index contributed by atoms with van der Waals surface area (Å²) in [5, 5.41) is 10.1. The molecule has 0 aliphatic carbocycles. The Bertz CT molecular complexity index is 939. The lowest BCUT2D eigenvalue weighted by Crippen LogP contribution is -2.35. The lowest BCUT2D eigenvalue weighted by atomic mass is 10.2. The van der Waals surface area contributed by atoms with E-state index >= 15 is 0 Å². The summed E-state index contributed by atoms with van der Waals surface area (Å²) >= 11 is 0. The van der Waals surface area contributed by atoms with Crippen molar-refractivity contribution in [3.05, 3.63) is 56.9 Å². The molecule has 2 N–H and O–H groups in total. The highest BCUT2D eigenvalue weighted by atomic mass is 16.6. The van der Waals surface area contributed by atoms with Crippen LogP contribution < -0.4 is 16.6 Å². The summed E-state index contributed by atoms with van der Waals surface area (Å²) in [4.78, 5) is 36.3. The molecule has 0 aliphatic rings. The third-order valence-electron chi connectivity index (χ3n) is 3.02. The van der Waals surface area contributed by atoms with Crippen LogP contribution in [0.3, 0.4) is 0 Å². The molecule has 0 spiro atoms. The standard InChI is InChI=1S/C13H11N5O4/c19-11-3-4-18(13(21)15-11)7-12(20)14-6-8-1-2-9-10(5-8)17-22-16-9/h1-5H,6-7H2,(H,14,20)(H,15,19,21). The molecule has 0 saturated carbocycles. The third-order valence-corrected chi connectivity index (χ3v) is 3.02. The van der Waals surface area contributed by atoms with E-state index in [-0.39, 0.29) is 19.0 Å². The largest absolute Gasteiger partial charge is 0.350 e. The first-order chi connectivity index (χ1) is 10.6. The van der Waals surface area contributed by atoms with Crippen molar-refractivity contribution in [3.63, 3.8) is 0 Å². The molecule has 22 heavy (non-hydrogen) atoms. The highest BCUT2D eigenvalue weighted by Crippen LogP contribution is 2.11. The molecule has 2 aromatic heterocycles. The van der Waals surface area contributed by atoms with Crippen molar-refractivity contribution in [2.24, 2.45) is 0 Å². The maximum atomic E-state index is 11.8. The molecule has 0 atom stereocenters. The lowest BCUT2D eigenvalue weighted by molar-refractivity contribution is -0.121. The zero-order chi connectivity index (χ0) is 15.5. The minimum atomic E-state index is -0.627. The first-order valence-corrected chi connectivity index (χ1v) is 6.39. The summed E-state index contributed by atoms with van der Waals surface area (Å²) in [7, 11) is 0. The van der Waals surface area contributed by atoms with Gasteiger partial charge in [0.1, 0.15) is 17.6 Å². The first-order valence-electron chi connectivity index (χ1n) is 6.39. The van der Waals surface area contributed by atoms with Gasteiger partial charge in [0.15, 0.2) is 0 Å². The molecule has 0 unspecified atom stereocenters. The monoisotopic (exact) mass is 301 g/mol. The molecule has 0 aliphatic heterocycles. The van der Waals surface area contributed by atoms with Gasteiger partial charge in [0.05, 0.1) is 0 Å². The van der Waals surface area contributed by atoms with E-state index in [9.17, 15) is 14.4 Å². The molecule has 1 aromatic carbocycles. The van der Waals surface area contributed by atoms with Crippen LogP contribution in [-0.4, -0.2) is 25.8 Å². The SMILES string of the molecule is O=C(Cn1ccc(=O)[nH]c1=O)NCc1ccc2nonc2c1. The number of carbonyl (C=O) groups excluding carboxylic acids is 1. The molecule has 9 nitrogen and oxygen atoms in total. The van der Waals surface area contributed by atoms with Crippen LogP contribution in [0.1, 0.15) is 5.56 Å². The van der Waals surface area contributed by atoms with Gasteiger partial charge in [-0.05, 0) is 28.0 Å². The van der Waals surface area contributed by atoms with Gasteiger partial charge in [-0.1, -0.05) is 6.07 Å². The molecule has 0 fully saturated rings. The molecule has 3 rings (SSSR count). The van der Waals surface area contributed by atoms with Crippen LogP contribution in [0, 0.1) is 0 Å². The molecule has 112 valence electrons. The molecular formula is C13H11N5O4. The highest BCUT2D eigenvalue weighted by Gasteiger charge is 2.06. The molecule has 2 heterocycles. The predicted molar refractivity (Wildman–Crippen MR) is 75.0 cm³/mol. The number of fused-ring (bicyclic) bond motifs is 1. The number of benzene rings is 1. The van der Waals surface area contributed by atoms with Crippen molar-refractivity contribution >= 4 is 16.9 Å². The Labute approximate surface area is 122 Å². The zero-order valence-corrected chi connectivity index (χ0v) is 11.3. The number of amides is 1. The second-order valence-corrected chi connectivity index (χ2v) is 4.60. The maximum Gasteiger partial charge on any atom is 0.328 e. The van der Waals surface area contributed by atoms with E-state index < -0.39 is 11.2 Å². The van der Waals surface area contributed by atoms with Crippen LogP contribution >= 0.6 is 0 Å². The van der Waals surface area contributed by atoms with Crippen LogP contribution in [-0.2, 0) is 17.9 Å². The van der Waals surface area contributed by atoms with Crippen molar-refractivity contribution in [2.45, 2.75) is 13.1 Å². The fourth-order valence-corrected chi connectivity index (χ4v) is 1.92. The number of hydrogen-bond donors (Lipinski definition) is 2. The van der Waals surface area contributed by atoms with Gasteiger partial charge < -0.3 is 5.32 Å². The smallest absolute Gasteiger partial charge is 0.328 e. The molecule has 0 saturated heterocycles. The van der Waals surface area contributed by atoms with E-state index in [0.29, 0.717) is 11.0 Å². The number of aromatic nitrogens is 4. The normalized spacial score (nSPS) is 10.7. The number of rotatable bonds is 4. The van der Waals surface area contributed by atoms with E-state index in [1.54, 1.807) is 18.2 Å². The van der Waals surface area contributed by atoms with Crippen molar-refractivity contribution in [1.29, 1.82) is 0 Å². The van der Waals surface area contributed by atoms with E-state index in [0.717, 1.165) is 10.1 Å². The second-order valence-electron chi connectivity index (χ2n) is 4.60. The Morgan fingerprint density at radius 2 is 2.05 bits per heavy atom. The van der Waals surface area contributed by atoms with E-state index in [2.05, 4.69) is 25.2 Å². The van der Waals surface area contributed by atoms with E-state index in [4.69, 9.17) is 0 Å². The molecule has 3 aromatic rings. The van der Waals surface area contributed by atoms with E-state index in [1.165, 1.54) is 12.3 Å². The number of nitrogens with zero attached hydrogens (tertiary/aromatic N) is 3. The number of aromatic amines is 1. The fraction of sp³-hybridized carbons (Fsp3) is 0.154. The quantitative estimate of drug-likeness (QED) is 0.662. The van der Waals surface area contributed by atoms with Gasteiger partial charge in [-0.2, -0.15) is 0 Å². The van der Waals surface area contributed by atoms with Crippen molar-refractivity contribution < 1.29 is 9.42 Å².